The Hall–Kier alpha value is -3.02. The van der Waals surface area contributed by atoms with Crippen molar-refractivity contribution in [1.82, 2.24) is 5.32 Å². The number of carbonyl (C=O) groups excluding carboxylic acids is 1. The Kier molecular flexibility index (Phi) is 8.54. The molecule has 1 amide bonds. The van der Waals surface area contributed by atoms with E-state index in [2.05, 4.69) is 35.3 Å². The van der Waals surface area contributed by atoms with Gasteiger partial charge in [-0.2, -0.15) is 0 Å². The number of anilines is 1. The van der Waals surface area contributed by atoms with Crippen molar-refractivity contribution in [1.29, 1.82) is 0 Å². The predicted molar refractivity (Wildman–Crippen MR) is 127 cm³/mol. The highest BCUT2D eigenvalue weighted by molar-refractivity contribution is 5.98. The summed E-state index contributed by atoms with van der Waals surface area (Å²) in [6, 6.07) is 12.7. The monoisotopic (exact) mass is 438 g/mol. The van der Waals surface area contributed by atoms with Crippen LogP contribution in [0.2, 0.25) is 0 Å². The fourth-order valence-electron chi connectivity index (χ4n) is 4.21. The first kappa shape index (κ1) is 23.6. The molecule has 0 saturated carbocycles. The quantitative estimate of drug-likeness (QED) is 0.517. The van der Waals surface area contributed by atoms with Gasteiger partial charge < -0.3 is 20.1 Å². The molecule has 0 aromatic heterocycles. The van der Waals surface area contributed by atoms with E-state index in [0.29, 0.717) is 12.2 Å². The van der Waals surface area contributed by atoms with Gasteiger partial charge in [0.15, 0.2) is 0 Å². The van der Waals surface area contributed by atoms with Gasteiger partial charge in [0.2, 0.25) is 0 Å². The Morgan fingerprint density at radius 1 is 1.06 bits per heavy atom. The number of aromatic carboxylic acids is 1. The van der Waals surface area contributed by atoms with Crippen LogP contribution >= 0.6 is 0 Å². The van der Waals surface area contributed by atoms with Gasteiger partial charge in [-0.05, 0) is 61.9 Å². The summed E-state index contributed by atoms with van der Waals surface area (Å²) < 4.78 is 5.61. The van der Waals surface area contributed by atoms with E-state index >= 15 is 0 Å². The lowest BCUT2D eigenvalue weighted by molar-refractivity contribution is 0.0691. The topological polar surface area (TPSA) is 78.9 Å². The molecule has 0 radical (unpaired) electrons. The highest BCUT2D eigenvalue weighted by Gasteiger charge is 2.22. The molecule has 2 aromatic rings. The highest BCUT2D eigenvalue weighted by Crippen LogP contribution is 2.31. The number of nitrogens with one attached hydrogen (secondary N) is 1. The van der Waals surface area contributed by atoms with Crippen LogP contribution in [0.1, 0.15) is 84.7 Å². The van der Waals surface area contributed by atoms with Crippen molar-refractivity contribution in [2.45, 2.75) is 58.4 Å². The summed E-state index contributed by atoms with van der Waals surface area (Å²) >= 11 is 0. The van der Waals surface area contributed by atoms with Crippen molar-refractivity contribution < 1.29 is 19.4 Å². The number of amides is 1. The summed E-state index contributed by atoms with van der Waals surface area (Å²) in [7, 11) is 0. The number of nitrogens with zero attached hydrogens (tertiary/aromatic N) is 1. The van der Waals surface area contributed by atoms with Crippen LogP contribution in [-0.4, -0.2) is 36.7 Å². The first-order valence-corrected chi connectivity index (χ1v) is 11.7. The molecule has 1 heterocycles. The van der Waals surface area contributed by atoms with Crippen molar-refractivity contribution in [3.05, 3.63) is 59.2 Å². The highest BCUT2D eigenvalue weighted by atomic mass is 16.5. The first-order valence-electron chi connectivity index (χ1n) is 11.7. The zero-order valence-electron chi connectivity index (χ0n) is 19.1. The van der Waals surface area contributed by atoms with Crippen LogP contribution in [0.15, 0.2) is 42.5 Å². The summed E-state index contributed by atoms with van der Waals surface area (Å²) in [6.45, 7) is 6.54. The van der Waals surface area contributed by atoms with Crippen LogP contribution in [0.25, 0.3) is 0 Å². The largest absolute Gasteiger partial charge is 0.493 e. The Labute approximate surface area is 190 Å². The number of ether oxygens (including phenoxy) is 1. The maximum absolute atomic E-state index is 13.2. The van der Waals surface area contributed by atoms with Gasteiger partial charge in [0.05, 0.1) is 12.6 Å². The molecule has 6 heteroatoms. The van der Waals surface area contributed by atoms with Gasteiger partial charge in [-0.15, -0.1) is 0 Å². The number of piperidine rings is 1. The van der Waals surface area contributed by atoms with Gasteiger partial charge in [0.25, 0.3) is 5.91 Å². The molecule has 3 rings (SSSR count). The second kappa shape index (κ2) is 11.6. The van der Waals surface area contributed by atoms with Crippen molar-refractivity contribution >= 4 is 17.6 Å². The molecular formula is C26H34N2O4. The minimum atomic E-state index is -1.07. The van der Waals surface area contributed by atoms with Gasteiger partial charge in [-0.1, -0.05) is 38.5 Å². The standard InChI is InChI=1S/C26H34N2O4/c1-3-10-22(20-11-6-7-12-23(20)28-15-8-5-9-16-28)27-25(29)19-13-14-21(26(30)31)24(18-19)32-17-4-2/h6-7,11-14,18,22H,3-5,8-10,15-17H2,1-2H3,(H,27,29)(H,30,31). The average Bonchev–Trinajstić information content (AvgIpc) is 2.82. The lowest BCUT2D eigenvalue weighted by atomic mass is 9.97. The molecule has 0 bridgehead atoms. The Morgan fingerprint density at radius 2 is 1.81 bits per heavy atom. The minimum absolute atomic E-state index is 0.0653. The fourth-order valence-corrected chi connectivity index (χ4v) is 4.21. The first-order chi connectivity index (χ1) is 15.5. The van der Waals surface area contributed by atoms with Gasteiger partial charge >= 0.3 is 5.97 Å². The van der Waals surface area contributed by atoms with Crippen LogP contribution in [0, 0.1) is 0 Å². The van der Waals surface area contributed by atoms with Gasteiger partial charge in [-0.3, -0.25) is 4.79 Å². The number of para-hydroxylation sites is 1. The van der Waals surface area contributed by atoms with E-state index < -0.39 is 5.97 Å². The number of benzene rings is 2. The Morgan fingerprint density at radius 3 is 2.50 bits per heavy atom. The van der Waals surface area contributed by atoms with Crippen LogP contribution in [0.5, 0.6) is 5.75 Å². The van der Waals surface area contributed by atoms with Gasteiger partial charge in [0, 0.05) is 24.3 Å². The number of rotatable bonds is 10. The van der Waals surface area contributed by atoms with Crippen molar-refractivity contribution in [2.75, 3.05) is 24.6 Å². The number of hydrogen-bond acceptors (Lipinski definition) is 4. The van der Waals surface area contributed by atoms with Gasteiger partial charge in [-0.25, -0.2) is 4.79 Å². The van der Waals surface area contributed by atoms with Gasteiger partial charge in [0.1, 0.15) is 11.3 Å². The van der Waals surface area contributed by atoms with Crippen LogP contribution in [0.4, 0.5) is 5.69 Å². The van der Waals surface area contributed by atoms with E-state index in [1.165, 1.54) is 37.1 Å². The molecule has 1 saturated heterocycles. The molecule has 0 spiro atoms. The maximum atomic E-state index is 13.2. The van der Waals surface area contributed by atoms with Crippen LogP contribution in [0.3, 0.4) is 0 Å². The average molecular weight is 439 g/mol. The van der Waals surface area contributed by atoms with E-state index in [1.54, 1.807) is 6.07 Å². The molecule has 1 fully saturated rings. The normalized spacial score (nSPS) is 14.6. The zero-order chi connectivity index (χ0) is 22.9. The minimum Gasteiger partial charge on any atom is -0.493 e. The van der Waals surface area contributed by atoms with Crippen molar-refractivity contribution in [2.24, 2.45) is 0 Å². The molecule has 1 unspecified atom stereocenters. The zero-order valence-corrected chi connectivity index (χ0v) is 19.1. The number of carbonyl (C=O) groups is 2. The summed E-state index contributed by atoms with van der Waals surface area (Å²) in [4.78, 5) is 27.1. The van der Waals surface area contributed by atoms with Crippen LogP contribution in [-0.2, 0) is 0 Å². The molecule has 1 aliphatic heterocycles. The van der Waals surface area contributed by atoms with Crippen molar-refractivity contribution in [3.8, 4) is 5.75 Å². The molecule has 1 atom stereocenters. The van der Waals surface area contributed by atoms with E-state index in [9.17, 15) is 14.7 Å². The molecular weight excluding hydrogens is 404 g/mol. The Balaban J connectivity index is 1.85. The number of hydrogen-bond donors (Lipinski definition) is 2. The lowest BCUT2D eigenvalue weighted by Gasteiger charge is -2.32. The Bertz CT molecular complexity index is 922. The SMILES string of the molecule is CCCOc1cc(C(=O)NC(CCC)c2ccccc2N2CCCCC2)ccc1C(=O)O. The molecule has 0 aliphatic carbocycles. The third-order valence-electron chi connectivity index (χ3n) is 5.83. The van der Waals surface area contributed by atoms with E-state index in [4.69, 9.17) is 4.74 Å². The lowest BCUT2D eigenvalue weighted by Crippen LogP contribution is -2.33. The number of carboxylic acids is 1. The second-order valence-electron chi connectivity index (χ2n) is 8.29. The third kappa shape index (κ3) is 5.81. The van der Waals surface area contributed by atoms with E-state index in [-0.39, 0.29) is 23.3 Å². The second-order valence-corrected chi connectivity index (χ2v) is 8.29. The molecule has 2 aromatic carbocycles. The predicted octanol–water partition coefficient (Wildman–Crippen LogP) is 5.44. The smallest absolute Gasteiger partial charge is 0.339 e. The van der Waals surface area contributed by atoms with Crippen LogP contribution < -0.4 is 15.0 Å². The number of carboxylic acid groups (broad SMARTS) is 1. The molecule has 2 N–H and O–H groups in total. The van der Waals surface area contributed by atoms with E-state index in [1.807, 2.05) is 13.0 Å². The summed E-state index contributed by atoms with van der Waals surface area (Å²) in [5, 5.41) is 12.6. The molecule has 1 aliphatic rings. The third-order valence-corrected chi connectivity index (χ3v) is 5.83. The molecule has 32 heavy (non-hydrogen) atoms. The summed E-state index contributed by atoms with van der Waals surface area (Å²) in [6.07, 6.45) is 6.15. The summed E-state index contributed by atoms with van der Waals surface area (Å²) in [5.74, 6) is -1.06. The fraction of sp³-hybridized carbons (Fsp3) is 0.462. The molecule has 172 valence electrons. The van der Waals surface area contributed by atoms with Crippen molar-refractivity contribution in [3.63, 3.8) is 0 Å². The summed E-state index contributed by atoms with van der Waals surface area (Å²) in [5.41, 5.74) is 2.79. The maximum Gasteiger partial charge on any atom is 0.339 e. The van der Waals surface area contributed by atoms with E-state index in [0.717, 1.165) is 37.9 Å². The molecule has 6 nitrogen and oxygen atoms in total.